The molecule has 1 aliphatic heterocycles. The second kappa shape index (κ2) is 5.93. The summed E-state index contributed by atoms with van der Waals surface area (Å²) in [6.07, 6.45) is 6.87. The van der Waals surface area contributed by atoms with Gasteiger partial charge in [0.1, 0.15) is 24.2 Å². The van der Waals surface area contributed by atoms with Crippen molar-refractivity contribution >= 4 is 17.7 Å². The highest BCUT2D eigenvalue weighted by molar-refractivity contribution is 5.77. The van der Waals surface area contributed by atoms with Crippen LogP contribution in [0.2, 0.25) is 0 Å². The van der Waals surface area contributed by atoms with Crippen LogP contribution in [-0.4, -0.2) is 33.3 Å². The average molecular weight is 300 g/mol. The van der Waals surface area contributed by atoms with Gasteiger partial charge in [0.2, 0.25) is 0 Å². The molecule has 6 nitrogen and oxygen atoms in total. The largest absolute Gasteiger partial charge is 0.490 e. The van der Waals surface area contributed by atoms with Crippen molar-refractivity contribution in [3.05, 3.63) is 42.5 Å². The van der Waals surface area contributed by atoms with Crippen LogP contribution in [-0.2, 0) is 4.79 Å². The number of aromatic nitrogens is 2. The van der Waals surface area contributed by atoms with Crippen LogP contribution in [0.25, 0.3) is 11.8 Å². The molecule has 0 bridgehead atoms. The Morgan fingerprint density at radius 2 is 2.41 bits per heavy atom. The summed E-state index contributed by atoms with van der Waals surface area (Å²) in [5.41, 5.74) is 1.87. The SMILES string of the molecule is CC(CC(=O)O)Oc1ccc2c(c1)C=C(n1ccnc1)CO2. The Morgan fingerprint density at radius 1 is 1.55 bits per heavy atom. The smallest absolute Gasteiger partial charge is 0.307 e. The fourth-order valence-corrected chi connectivity index (χ4v) is 2.31. The van der Waals surface area contributed by atoms with E-state index in [1.807, 2.05) is 29.0 Å². The van der Waals surface area contributed by atoms with E-state index in [2.05, 4.69) is 4.98 Å². The summed E-state index contributed by atoms with van der Waals surface area (Å²) in [6.45, 7) is 2.20. The monoisotopic (exact) mass is 300 g/mol. The summed E-state index contributed by atoms with van der Waals surface area (Å²) < 4.78 is 13.2. The Bertz CT molecular complexity index is 707. The van der Waals surface area contributed by atoms with Gasteiger partial charge in [0, 0.05) is 18.0 Å². The lowest BCUT2D eigenvalue weighted by molar-refractivity contribution is -0.138. The van der Waals surface area contributed by atoms with E-state index in [4.69, 9.17) is 14.6 Å². The van der Waals surface area contributed by atoms with Crippen LogP contribution >= 0.6 is 0 Å². The molecule has 1 aliphatic rings. The fraction of sp³-hybridized carbons (Fsp3) is 0.250. The Labute approximate surface area is 127 Å². The lowest BCUT2D eigenvalue weighted by atomic mass is 10.1. The second-order valence-electron chi connectivity index (χ2n) is 5.12. The number of imidazole rings is 1. The standard InChI is InChI=1S/C16H16N2O4/c1-11(6-16(19)20)22-14-2-3-15-12(8-14)7-13(9-21-15)18-5-4-17-10-18/h2-5,7-8,10-11H,6,9H2,1H3,(H,19,20). The number of fused-ring (bicyclic) bond motifs is 1. The van der Waals surface area contributed by atoms with Gasteiger partial charge in [-0.15, -0.1) is 0 Å². The van der Waals surface area contributed by atoms with Crippen molar-refractivity contribution in [2.45, 2.75) is 19.4 Å². The van der Waals surface area contributed by atoms with Gasteiger partial charge in [-0.3, -0.25) is 4.79 Å². The topological polar surface area (TPSA) is 73.6 Å². The number of rotatable bonds is 5. The van der Waals surface area contributed by atoms with Gasteiger partial charge in [0.25, 0.3) is 0 Å². The van der Waals surface area contributed by atoms with Crippen molar-refractivity contribution < 1.29 is 19.4 Å². The molecule has 0 saturated heterocycles. The highest BCUT2D eigenvalue weighted by Gasteiger charge is 2.15. The molecule has 0 spiro atoms. The molecule has 6 heteroatoms. The van der Waals surface area contributed by atoms with Crippen molar-refractivity contribution in [1.82, 2.24) is 9.55 Å². The van der Waals surface area contributed by atoms with E-state index in [1.165, 1.54) is 0 Å². The minimum Gasteiger partial charge on any atom is -0.490 e. The Morgan fingerprint density at radius 3 is 3.14 bits per heavy atom. The van der Waals surface area contributed by atoms with E-state index in [1.54, 1.807) is 25.5 Å². The van der Waals surface area contributed by atoms with Gasteiger partial charge in [0.15, 0.2) is 0 Å². The minimum atomic E-state index is -0.879. The molecule has 1 aromatic heterocycles. The van der Waals surface area contributed by atoms with Crippen molar-refractivity contribution in [1.29, 1.82) is 0 Å². The van der Waals surface area contributed by atoms with Crippen LogP contribution in [0.1, 0.15) is 18.9 Å². The number of nitrogens with zero attached hydrogens (tertiary/aromatic N) is 2. The van der Waals surface area contributed by atoms with Gasteiger partial charge in [-0.2, -0.15) is 0 Å². The Balaban J connectivity index is 1.81. The molecule has 114 valence electrons. The highest BCUT2D eigenvalue weighted by atomic mass is 16.5. The van der Waals surface area contributed by atoms with Gasteiger partial charge in [-0.05, 0) is 31.2 Å². The number of benzene rings is 1. The van der Waals surface area contributed by atoms with Gasteiger partial charge in [-0.25, -0.2) is 4.98 Å². The number of carboxylic acid groups (broad SMARTS) is 1. The highest BCUT2D eigenvalue weighted by Crippen LogP contribution is 2.31. The third kappa shape index (κ3) is 3.11. The van der Waals surface area contributed by atoms with E-state index in [0.717, 1.165) is 17.0 Å². The zero-order valence-electron chi connectivity index (χ0n) is 12.1. The molecule has 0 fully saturated rings. The first-order chi connectivity index (χ1) is 10.6. The molecular formula is C16H16N2O4. The predicted molar refractivity (Wildman–Crippen MR) is 80.7 cm³/mol. The van der Waals surface area contributed by atoms with Gasteiger partial charge < -0.3 is 19.1 Å². The van der Waals surface area contributed by atoms with Crippen LogP contribution in [0.5, 0.6) is 11.5 Å². The molecule has 1 aromatic carbocycles. The van der Waals surface area contributed by atoms with Gasteiger partial charge >= 0.3 is 5.97 Å². The molecule has 0 radical (unpaired) electrons. The van der Waals surface area contributed by atoms with Crippen molar-refractivity contribution in [3.8, 4) is 11.5 Å². The van der Waals surface area contributed by atoms with Crippen LogP contribution in [0.15, 0.2) is 36.9 Å². The summed E-state index contributed by atoms with van der Waals surface area (Å²) in [6, 6.07) is 5.47. The lowest BCUT2D eigenvalue weighted by Crippen LogP contribution is -2.17. The first kappa shape index (κ1) is 14.2. The molecule has 1 N–H and O–H groups in total. The maximum Gasteiger partial charge on any atom is 0.307 e. The number of carbonyl (C=O) groups is 1. The van der Waals surface area contributed by atoms with E-state index >= 15 is 0 Å². The second-order valence-corrected chi connectivity index (χ2v) is 5.12. The first-order valence-corrected chi connectivity index (χ1v) is 6.96. The van der Waals surface area contributed by atoms with Crippen LogP contribution in [0, 0.1) is 0 Å². The molecule has 1 unspecified atom stereocenters. The molecule has 0 saturated carbocycles. The zero-order valence-corrected chi connectivity index (χ0v) is 12.1. The molecule has 2 heterocycles. The van der Waals surface area contributed by atoms with Crippen LogP contribution in [0.3, 0.4) is 0 Å². The zero-order chi connectivity index (χ0) is 15.5. The third-order valence-electron chi connectivity index (χ3n) is 3.31. The van der Waals surface area contributed by atoms with Gasteiger partial charge in [-0.1, -0.05) is 0 Å². The van der Waals surface area contributed by atoms with Gasteiger partial charge in [0.05, 0.1) is 18.4 Å². The number of hydrogen-bond acceptors (Lipinski definition) is 4. The van der Waals surface area contributed by atoms with E-state index in [0.29, 0.717) is 12.4 Å². The molecule has 0 amide bonds. The van der Waals surface area contributed by atoms with Crippen molar-refractivity contribution in [3.63, 3.8) is 0 Å². The number of ether oxygens (including phenoxy) is 2. The Kier molecular flexibility index (Phi) is 3.82. The van der Waals surface area contributed by atoms with Crippen LogP contribution in [0.4, 0.5) is 0 Å². The molecular weight excluding hydrogens is 284 g/mol. The third-order valence-corrected chi connectivity index (χ3v) is 3.31. The summed E-state index contributed by atoms with van der Waals surface area (Å²) in [5.74, 6) is 0.525. The maximum atomic E-state index is 10.7. The number of hydrogen-bond donors (Lipinski definition) is 1. The van der Waals surface area contributed by atoms with E-state index in [9.17, 15) is 4.79 Å². The molecule has 22 heavy (non-hydrogen) atoms. The van der Waals surface area contributed by atoms with Crippen molar-refractivity contribution in [2.24, 2.45) is 0 Å². The quantitative estimate of drug-likeness (QED) is 0.918. The molecule has 2 aromatic rings. The summed E-state index contributed by atoms with van der Waals surface area (Å²) >= 11 is 0. The number of carboxylic acids is 1. The summed E-state index contributed by atoms with van der Waals surface area (Å²) in [4.78, 5) is 14.7. The van der Waals surface area contributed by atoms with Crippen molar-refractivity contribution in [2.75, 3.05) is 6.61 Å². The molecule has 1 atom stereocenters. The first-order valence-electron chi connectivity index (χ1n) is 6.96. The lowest BCUT2D eigenvalue weighted by Gasteiger charge is -2.20. The summed E-state index contributed by atoms with van der Waals surface area (Å²) in [7, 11) is 0. The fourth-order valence-electron chi connectivity index (χ4n) is 2.31. The molecule has 3 rings (SSSR count). The predicted octanol–water partition coefficient (Wildman–Crippen LogP) is 2.52. The van der Waals surface area contributed by atoms with Crippen LogP contribution < -0.4 is 9.47 Å². The summed E-state index contributed by atoms with van der Waals surface area (Å²) in [5, 5.41) is 8.78. The average Bonchev–Trinajstić information content (AvgIpc) is 2.99. The van der Waals surface area contributed by atoms with E-state index in [-0.39, 0.29) is 6.42 Å². The normalized spacial score (nSPS) is 14.5. The number of aliphatic carboxylic acids is 1. The molecule has 0 aliphatic carbocycles. The maximum absolute atomic E-state index is 10.7. The Hall–Kier alpha value is -2.76. The van der Waals surface area contributed by atoms with E-state index < -0.39 is 12.1 Å². The minimum absolute atomic E-state index is 0.0380.